The highest BCUT2D eigenvalue weighted by Gasteiger charge is 2.27. The first-order chi connectivity index (χ1) is 13.0. The third-order valence-corrected chi connectivity index (χ3v) is 4.98. The molecule has 0 spiro atoms. The molecule has 0 saturated heterocycles. The molecular formula is C23H29NO3. The number of carbonyl (C=O) groups is 2. The lowest BCUT2D eigenvalue weighted by Gasteiger charge is -2.22. The van der Waals surface area contributed by atoms with E-state index in [-0.39, 0.29) is 30.3 Å². The molecule has 2 atom stereocenters. The lowest BCUT2D eigenvalue weighted by molar-refractivity contribution is -0.150. The van der Waals surface area contributed by atoms with Crippen LogP contribution in [-0.2, 0) is 20.7 Å². The number of esters is 1. The van der Waals surface area contributed by atoms with Crippen molar-refractivity contribution in [2.45, 2.75) is 46.5 Å². The van der Waals surface area contributed by atoms with Gasteiger partial charge < -0.3 is 10.1 Å². The van der Waals surface area contributed by atoms with E-state index in [4.69, 9.17) is 4.74 Å². The summed E-state index contributed by atoms with van der Waals surface area (Å²) in [5.41, 5.74) is 3.79. The van der Waals surface area contributed by atoms with Crippen molar-refractivity contribution in [3.8, 4) is 0 Å². The molecule has 4 heteroatoms. The van der Waals surface area contributed by atoms with Crippen molar-refractivity contribution in [2.24, 2.45) is 5.92 Å². The number of ether oxygens (including phenoxy) is 1. The zero-order chi connectivity index (χ0) is 19.8. The molecule has 0 aliphatic carbocycles. The molecule has 0 heterocycles. The lowest BCUT2D eigenvalue weighted by Crippen LogP contribution is -2.27. The Hall–Kier alpha value is -2.62. The summed E-state index contributed by atoms with van der Waals surface area (Å²) in [6, 6.07) is 15.5. The van der Waals surface area contributed by atoms with Gasteiger partial charge in [0.25, 0.3) is 5.91 Å². The molecule has 0 bridgehead atoms. The highest BCUT2D eigenvalue weighted by Crippen LogP contribution is 2.28. The number of hydrogen-bond acceptors (Lipinski definition) is 3. The van der Waals surface area contributed by atoms with Crippen molar-refractivity contribution in [1.29, 1.82) is 0 Å². The number of hydrogen-bond donors (Lipinski definition) is 1. The van der Waals surface area contributed by atoms with E-state index in [1.165, 1.54) is 0 Å². The summed E-state index contributed by atoms with van der Waals surface area (Å²) in [5, 5.41) is 2.89. The number of rotatable bonds is 8. The maximum atomic E-state index is 12.7. The quantitative estimate of drug-likeness (QED) is 0.677. The first-order valence-corrected chi connectivity index (χ1v) is 9.57. The fourth-order valence-electron chi connectivity index (χ4n) is 3.20. The van der Waals surface area contributed by atoms with Crippen LogP contribution >= 0.6 is 0 Å². The van der Waals surface area contributed by atoms with E-state index in [9.17, 15) is 9.59 Å². The molecule has 0 aliphatic rings. The van der Waals surface area contributed by atoms with E-state index >= 15 is 0 Å². The lowest BCUT2D eigenvalue weighted by atomic mass is 9.86. The predicted molar refractivity (Wildman–Crippen MR) is 109 cm³/mol. The van der Waals surface area contributed by atoms with Crippen LogP contribution in [-0.4, -0.2) is 18.5 Å². The Morgan fingerprint density at radius 3 is 2.37 bits per heavy atom. The Balaban J connectivity index is 2.04. The summed E-state index contributed by atoms with van der Waals surface area (Å²) < 4.78 is 5.38. The zero-order valence-electron chi connectivity index (χ0n) is 16.6. The average molecular weight is 367 g/mol. The molecule has 2 rings (SSSR count). The standard InChI is InChI=1S/C23H29NO3/c1-5-16(3)21(19-12-8-7-9-13-19)23(26)27-15-20(25)24-22-17(4)11-10-14-18(22)6-2/h7-14,16,21H,5-6,15H2,1-4H3,(H,24,25)/t16-,21+/m1/s1. The maximum absolute atomic E-state index is 12.7. The van der Waals surface area contributed by atoms with Crippen molar-refractivity contribution in [2.75, 3.05) is 11.9 Å². The summed E-state index contributed by atoms with van der Waals surface area (Å²) in [4.78, 5) is 25.0. The van der Waals surface area contributed by atoms with Gasteiger partial charge in [-0.3, -0.25) is 9.59 Å². The average Bonchev–Trinajstić information content (AvgIpc) is 2.68. The van der Waals surface area contributed by atoms with Crippen LogP contribution in [0, 0.1) is 12.8 Å². The van der Waals surface area contributed by atoms with Gasteiger partial charge in [-0.1, -0.05) is 75.7 Å². The highest BCUT2D eigenvalue weighted by atomic mass is 16.5. The molecule has 1 N–H and O–H groups in total. The van der Waals surface area contributed by atoms with E-state index in [2.05, 4.69) is 5.32 Å². The van der Waals surface area contributed by atoms with E-state index < -0.39 is 0 Å². The SMILES string of the molecule is CCc1cccc(C)c1NC(=O)COC(=O)[C@H](c1ccccc1)[C@H](C)CC. The normalized spacial score (nSPS) is 12.9. The molecule has 0 fully saturated rings. The molecule has 4 nitrogen and oxygen atoms in total. The smallest absolute Gasteiger partial charge is 0.314 e. The summed E-state index contributed by atoms with van der Waals surface area (Å²) in [6.07, 6.45) is 1.67. The number of carbonyl (C=O) groups excluding carboxylic acids is 2. The van der Waals surface area contributed by atoms with Crippen LogP contribution in [0.25, 0.3) is 0 Å². The number of para-hydroxylation sites is 1. The Kier molecular flexibility index (Phi) is 7.59. The van der Waals surface area contributed by atoms with Crippen molar-refractivity contribution < 1.29 is 14.3 Å². The summed E-state index contributed by atoms with van der Waals surface area (Å²) in [7, 11) is 0. The second-order valence-corrected chi connectivity index (χ2v) is 6.89. The minimum atomic E-state index is -0.367. The Bertz CT molecular complexity index is 770. The van der Waals surface area contributed by atoms with Gasteiger partial charge in [0.1, 0.15) is 0 Å². The first kappa shape index (κ1) is 20.7. The minimum absolute atomic E-state index is 0.131. The third-order valence-electron chi connectivity index (χ3n) is 4.98. The van der Waals surface area contributed by atoms with Crippen LogP contribution in [0.4, 0.5) is 5.69 Å². The minimum Gasteiger partial charge on any atom is -0.455 e. The molecular weight excluding hydrogens is 338 g/mol. The van der Waals surface area contributed by atoms with Crippen LogP contribution in [0.15, 0.2) is 48.5 Å². The molecule has 27 heavy (non-hydrogen) atoms. The van der Waals surface area contributed by atoms with Crippen LogP contribution in [0.2, 0.25) is 0 Å². The number of amides is 1. The second kappa shape index (κ2) is 9.91. The topological polar surface area (TPSA) is 55.4 Å². The molecule has 144 valence electrons. The molecule has 1 amide bonds. The molecule has 0 aliphatic heterocycles. The largest absolute Gasteiger partial charge is 0.455 e. The van der Waals surface area contributed by atoms with Crippen LogP contribution in [0.3, 0.4) is 0 Å². The fraction of sp³-hybridized carbons (Fsp3) is 0.391. The second-order valence-electron chi connectivity index (χ2n) is 6.89. The number of benzene rings is 2. The van der Waals surface area contributed by atoms with Crippen molar-refractivity contribution in [3.05, 3.63) is 65.2 Å². The monoisotopic (exact) mass is 367 g/mol. The molecule has 2 aromatic rings. The van der Waals surface area contributed by atoms with E-state index in [0.717, 1.165) is 35.2 Å². The summed E-state index contributed by atoms with van der Waals surface area (Å²) in [6.45, 7) is 7.79. The van der Waals surface area contributed by atoms with Gasteiger partial charge in [-0.2, -0.15) is 0 Å². The van der Waals surface area contributed by atoms with E-state index in [1.54, 1.807) is 0 Å². The Morgan fingerprint density at radius 1 is 1.04 bits per heavy atom. The number of anilines is 1. The van der Waals surface area contributed by atoms with Crippen molar-refractivity contribution in [3.63, 3.8) is 0 Å². The van der Waals surface area contributed by atoms with Gasteiger partial charge >= 0.3 is 5.97 Å². The van der Waals surface area contributed by atoms with Gasteiger partial charge in [0.05, 0.1) is 5.92 Å². The number of nitrogens with one attached hydrogen (secondary N) is 1. The van der Waals surface area contributed by atoms with Crippen LogP contribution in [0.5, 0.6) is 0 Å². The molecule has 0 saturated carbocycles. The van der Waals surface area contributed by atoms with Gasteiger partial charge in [0.2, 0.25) is 0 Å². The third kappa shape index (κ3) is 5.43. The highest BCUT2D eigenvalue weighted by molar-refractivity contribution is 5.94. The van der Waals surface area contributed by atoms with Crippen LogP contribution < -0.4 is 5.32 Å². The van der Waals surface area contributed by atoms with Crippen LogP contribution in [0.1, 0.15) is 49.8 Å². The predicted octanol–water partition coefficient (Wildman–Crippen LogP) is 4.87. The molecule has 0 unspecified atom stereocenters. The fourth-order valence-corrected chi connectivity index (χ4v) is 3.20. The Morgan fingerprint density at radius 2 is 1.74 bits per heavy atom. The summed E-state index contributed by atoms with van der Waals surface area (Å²) in [5.74, 6) is -0.908. The Labute approximate surface area is 161 Å². The summed E-state index contributed by atoms with van der Waals surface area (Å²) >= 11 is 0. The van der Waals surface area contributed by atoms with Gasteiger partial charge in [-0.05, 0) is 36.0 Å². The zero-order valence-corrected chi connectivity index (χ0v) is 16.6. The molecule has 0 radical (unpaired) electrons. The van der Waals surface area contributed by atoms with Crippen molar-refractivity contribution >= 4 is 17.6 Å². The molecule has 0 aromatic heterocycles. The van der Waals surface area contributed by atoms with E-state index in [0.29, 0.717) is 0 Å². The van der Waals surface area contributed by atoms with Gasteiger partial charge in [-0.25, -0.2) is 0 Å². The van der Waals surface area contributed by atoms with Gasteiger partial charge in [-0.15, -0.1) is 0 Å². The molecule has 2 aromatic carbocycles. The number of aryl methyl sites for hydroxylation is 2. The van der Waals surface area contributed by atoms with Gasteiger partial charge in [0, 0.05) is 5.69 Å². The van der Waals surface area contributed by atoms with E-state index in [1.807, 2.05) is 76.2 Å². The van der Waals surface area contributed by atoms with Crippen molar-refractivity contribution in [1.82, 2.24) is 0 Å². The maximum Gasteiger partial charge on any atom is 0.314 e. The van der Waals surface area contributed by atoms with Gasteiger partial charge in [0.15, 0.2) is 6.61 Å². The first-order valence-electron chi connectivity index (χ1n) is 9.57.